The third-order valence-electron chi connectivity index (χ3n) is 2.81. The Bertz CT molecular complexity index is 637. The summed E-state index contributed by atoms with van der Waals surface area (Å²) in [6.45, 7) is 0.571. The molecule has 3 rings (SSSR count). The molecule has 7 heteroatoms. The van der Waals surface area contributed by atoms with E-state index in [2.05, 4.69) is 10.5 Å². The van der Waals surface area contributed by atoms with Crippen molar-refractivity contribution in [3.63, 3.8) is 0 Å². The van der Waals surface area contributed by atoms with Crippen LogP contribution in [0.4, 0.5) is 0 Å². The smallest absolute Gasteiger partial charge is 0.290 e. The first-order valence-electron chi connectivity index (χ1n) is 5.93. The second-order valence-corrected chi connectivity index (χ2v) is 4.10. The molecule has 1 N–H and O–H groups in total. The Morgan fingerprint density at radius 1 is 1.35 bits per heavy atom. The molecule has 1 aliphatic rings. The van der Waals surface area contributed by atoms with Crippen molar-refractivity contribution in [3.8, 4) is 17.4 Å². The first-order chi connectivity index (χ1) is 9.76. The zero-order chi connectivity index (χ0) is 13.9. The van der Waals surface area contributed by atoms with Crippen molar-refractivity contribution >= 4 is 5.91 Å². The number of carbonyl (C=O) groups is 1. The summed E-state index contributed by atoms with van der Waals surface area (Å²) in [5.74, 6) is 1.39. The van der Waals surface area contributed by atoms with Gasteiger partial charge in [0.2, 0.25) is 12.6 Å². The number of aromatic nitrogens is 1. The molecule has 0 atom stereocenters. The molecular weight excluding hydrogens is 264 g/mol. The standard InChI is InChI=1S/C13H12N2O5/c1-17-12-5-11(20-15-12)13(16)14-6-8-2-3-9-10(4-8)19-7-18-9/h2-5H,6-7H2,1H3,(H,14,16). The predicted octanol–water partition coefficient (Wildman–Crippen LogP) is 1.34. The highest BCUT2D eigenvalue weighted by Crippen LogP contribution is 2.32. The van der Waals surface area contributed by atoms with Crippen molar-refractivity contribution in [2.75, 3.05) is 13.9 Å². The van der Waals surface area contributed by atoms with Crippen molar-refractivity contribution in [3.05, 3.63) is 35.6 Å². The number of hydrogen-bond donors (Lipinski definition) is 1. The highest BCUT2D eigenvalue weighted by molar-refractivity contribution is 5.91. The summed E-state index contributed by atoms with van der Waals surface area (Å²) in [5, 5.41) is 6.28. The number of hydrogen-bond acceptors (Lipinski definition) is 6. The van der Waals surface area contributed by atoms with Gasteiger partial charge in [-0.05, 0) is 22.9 Å². The zero-order valence-electron chi connectivity index (χ0n) is 10.7. The third-order valence-corrected chi connectivity index (χ3v) is 2.81. The molecule has 0 saturated heterocycles. The number of nitrogens with one attached hydrogen (secondary N) is 1. The molecule has 0 bridgehead atoms. The Labute approximate surface area is 114 Å². The fourth-order valence-corrected chi connectivity index (χ4v) is 1.78. The highest BCUT2D eigenvalue weighted by atomic mass is 16.7. The fourth-order valence-electron chi connectivity index (χ4n) is 1.78. The van der Waals surface area contributed by atoms with Gasteiger partial charge in [-0.2, -0.15) is 0 Å². The minimum absolute atomic E-state index is 0.0996. The van der Waals surface area contributed by atoms with E-state index in [9.17, 15) is 4.79 Å². The lowest BCUT2D eigenvalue weighted by Gasteiger charge is -2.04. The second kappa shape index (κ2) is 5.12. The van der Waals surface area contributed by atoms with Crippen molar-refractivity contribution in [1.29, 1.82) is 0 Å². The van der Waals surface area contributed by atoms with Crippen LogP contribution in [0, 0.1) is 0 Å². The van der Waals surface area contributed by atoms with Gasteiger partial charge in [-0.25, -0.2) is 0 Å². The zero-order valence-corrected chi connectivity index (χ0v) is 10.7. The molecule has 0 unspecified atom stereocenters. The van der Waals surface area contributed by atoms with Crippen LogP contribution in [0.2, 0.25) is 0 Å². The molecule has 0 radical (unpaired) electrons. The van der Waals surface area contributed by atoms with Gasteiger partial charge in [0, 0.05) is 6.54 Å². The van der Waals surface area contributed by atoms with Gasteiger partial charge < -0.3 is 24.1 Å². The number of benzene rings is 1. The van der Waals surface area contributed by atoms with Crippen LogP contribution < -0.4 is 19.5 Å². The summed E-state index contributed by atoms with van der Waals surface area (Å²) in [7, 11) is 1.45. The Balaban J connectivity index is 1.63. The number of rotatable bonds is 4. The van der Waals surface area contributed by atoms with Gasteiger partial charge in [-0.15, -0.1) is 0 Å². The number of methoxy groups -OCH3 is 1. The molecule has 0 spiro atoms. The van der Waals surface area contributed by atoms with E-state index in [4.69, 9.17) is 18.7 Å². The molecule has 2 aromatic rings. The summed E-state index contributed by atoms with van der Waals surface area (Å²) >= 11 is 0. The second-order valence-electron chi connectivity index (χ2n) is 4.10. The van der Waals surface area contributed by atoms with Gasteiger partial charge in [0.25, 0.3) is 11.8 Å². The molecule has 7 nitrogen and oxygen atoms in total. The van der Waals surface area contributed by atoms with Crippen LogP contribution >= 0.6 is 0 Å². The maximum Gasteiger partial charge on any atom is 0.290 e. The molecule has 1 aliphatic heterocycles. The summed E-state index contributed by atoms with van der Waals surface area (Å²) in [6.07, 6.45) is 0. The third kappa shape index (κ3) is 2.37. The Morgan fingerprint density at radius 2 is 2.20 bits per heavy atom. The van der Waals surface area contributed by atoms with Gasteiger partial charge >= 0.3 is 0 Å². The van der Waals surface area contributed by atoms with Crippen molar-refractivity contribution in [2.24, 2.45) is 0 Å². The summed E-state index contributed by atoms with van der Waals surface area (Å²) in [5.41, 5.74) is 0.897. The van der Waals surface area contributed by atoms with E-state index in [0.29, 0.717) is 18.0 Å². The lowest BCUT2D eigenvalue weighted by Crippen LogP contribution is -2.22. The molecule has 1 aromatic heterocycles. The van der Waals surface area contributed by atoms with Gasteiger partial charge in [0.05, 0.1) is 13.2 Å². The van der Waals surface area contributed by atoms with E-state index in [1.165, 1.54) is 13.2 Å². The van der Waals surface area contributed by atoms with Gasteiger partial charge in [-0.1, -0.05) is 6.07 Å². The van der Waals surface area contributed by atoms with Crippen molar-refractivity contribution in [2.45, 2.75) is 6.54 Å². The average molecular weight is 276 g/mol. The monoisotopic (exact) mass is 276 g/mol. The van der Waals surface area contributed by atoms with Crippen LogP contribution in [0.1, 0.15) is 16.1 Å². The minimum atomic E-state index is -0.363. The van der Waals surface area contributed by atoms with E-state index in [1.807, 2.05) is 12.1 Å². The van der Waals surface area contributed by atoms with E-state index in [1.54, 1.807) is 6.07 Å². The van der Waals surface area contributed by atoms with Gasteiger partial charge in [0.1, 0.15) is 0 Å². The van der Waals surface area contributed by atoms with Gasteiger partial charge in [0.15, 0.2) is 11.5 Å². The van der Waals surface area contributed by atoms with Gasteiger partial charge in [-0.3, -0.25) is 4.79 Å². The first kappa shape index (κ1) is 12.3. The SMILES string of the molecule is COc1cc(C(=O)NCc2ccc3c(c2)OCO3)on1. The van der Waals surface area contributed by atoms with Crippen LogP contribution in [0.3, 0.4) is 0 Å². The molecule has 2 heterocycles. The number of amides is 1. The lowest BCUT2D eigenvalue weighted by molar-refractivity contribution is 0.0913. The number of ether oxygens (including phenoxy) is 3. The van der Waals surface area contributed by atoms with Crippen LogP contribution in [-0.2, 0) is 6.54 Å². The lowest BCUT2D eigenvalue weighted by atomic mass is 10.2. The topological polar surface area (TPSA) is 82.8 Å². The molecule has 0 saturated carbocycles. The van der Waals surface area contributed by atoms with Crippen LogP contribution in [0.15, 0.2) is 28.8 Å². The fraction of sp³-hybridized carbons (Fsp3) is 0.231. The van der Waals surface area contributed by atoms with E-state index >= 15 is 0 Å². The van der Waals surface area contributed by atoms with Crippen LogP contribution in [0.5, 0.6) is 17.4 Å². The Hall–Kier alpha value is -2.70. The maximum atomic E-state index is 11.8. The molecule has 20 heavy (non-hydrogen) atoms. The molecule has 1 amide bonds. The van der Waals surface area contributed by atoms with Crippen molar-refractivity contribution in [1.82, 2.24) is 10.5 Å². The predicted molar refractivity (Wildman–Crippen MR) is 66.8 cm³/mol. The van der Waals surface area contributed by atoms with E-state index < -0.39 is 0 Å². The maximum absolute atomic E-state index is 11.8. The normalized spacial score (nSPS) is 12.2. The molecule has 0 aliphatic carbocycles. The summed E-state index contributed by atoms with van der Waals surface area (Å²) in [6, 6.07) is 6.91. The van der Waals surface area contributed by atoms with Crippen molar-refractivity contribution < 1.29 is 23.5 Å². The Kier molecular flexibility index (Phi) is 3.16. The minimum Gasteiger partial charge on any atom is -0.479 e. The molecular formula is C13H12N2O5. The number of carbonyl (C=O) groups excluding carboxylic acids is 1. The van der Waals surface area contributed by atoms with Crippen LogP contribution in [-0.4, -0.2) is 25.0 Å². The van der Waals surface area contributed by atoms with E-state index in [-0.39, 0.29) is 24.3 Å². The summed E-state index contributed by atoms with van der Waals surface area (Å²) < 4.78 is 20.2. The number of nitrogens with zero attached hydrogens (tertiary/aromatic N) is 1. The first-order valence-corrected chi connectivity index (χ1v) is 5.93. The average Bonchev–Trinajstić information content (AvgIpc) is 3.12. The molecule has 104 valence electrons. The summed E-state index contributed by atoms with van der Waals surface area (Å²) in [4.78, 5) is 11.8. The van der Waals surface area contributed by atoms with Crippen LogP contribution in [0.25, 0.3) is 0 Å². The van der Waals surface area contributed by atoms with E-state index in [0.717, 1.165) is 5.56 Å². The molecule has 1 aromatic carbocycles. The number of fused-ring (bicyclic) bond motifs is 1. The highest BCUT2D eigenvalue weighted by Gasteiger charge is 2.15. The quantitative estimate of drug-likeness (QED) is 0.907. The largest absolute Gasteiger partial charge is 0.479 e. The Morgan fingerprint density at radius 3 is 3.00 bits per heavy atom. The molecule has 0 fully saturated rings.